The monoisotopic (exact) mass is 134 g/mol. The number of hydrogen-bond donors (Lipinski definition) is 0. The summed E-state index contributed by atoms with van der Waals surface area (Å²) < 4.78 is 0. The predicted molar refractivity (Wildman–Crippen MR) is 45.8 cm³/mol. The predicted octanol–water partition coefficient (Wildman–Crippen LogP) is 3.08. The van der Waals surface area contributed by atoms with Crippen molar-refractivity contribution in [2.45, 2.75) is 19.8 Å². The minimum atomic E-state index is 0.788. The fraction of sp³-hybridized carbons (Fsp3) is 0.400. The molecule has 1 aliphatic rings. The van der Waals surface area contributed by atoms with Crippen molar-refractivity contribution in [2.75, 3.05) is 0 Å². The van der Waals surface area contributed by atoms with Crippen LogP contribution in [0.5, 0.6) is 0 Å². The van der Waals surface area contributed by atoms with Gasteiger partial charge in [0.1, 0.15) is 0 Å². The van der Waals surface area contributed by atoms with Crippen molar-refractivity contribution in [1.29, 1.82) is 0 Å². The third-order valence-corrected chi connectivity index (χ3v) is 1.68. The molecule has 0 nitrogen and oxygen atoms in total. The van der Waals surface area contributed by atoms with Gasteiger partial charge in [0, 0.05) is 0 Å². The highest BCUT2D eigenvalue weighted by Crippen LogP contribution is 2.35. The van der Waals surface area contributed by atoms with Crippen LogP contribution in [-0.2, 0) is 0 Å². The molecule has 0 aromatic heterocycles. The first kappa shape index (κ1) is 7.33. The highest BCUT2D eigenvalue weighted by atomic mass is 14.3. The van der Waals surface area contributed by atoms with Crippen molar-refractivity contribution in [1.82, 2.24) is 0 Å². The van der Waals surface area contributed by atoms with Gasteiger partial charge in [-0.05, 0) is 25.7 Å². The maximum absolute atomic E-state index is 3.96. The molecular formula is C10H14. The molecule has 0 heterocycles. The van der Waals surface area contributed by atoms with Crippen LogP contribution in [0.1, 0.15) is 19.8 Å². The Morgan fingerprint density at radius 1 is 1.30 bits per heavy atom. The summed E-state index contributed by atoms with van der Waals surface area (Å²) >= 11 is 0. The van der Waals surface area contributed by atoms with E-state index in [2.05, 4.69) is 19.2 Å². The maximum atomic E-state index is 3.96. The normalized spacial score (nSPS) is 17.7. The van der Waals surface area contributed by atoms with E-state index in [1.165, 1.54) is 18.4 Å². The zero-order chi connectivity index (χ0) is 7.56. The van der Waals surface area contributed by atoms with Crippen LogP contribution in [0.3, 0.4) is 0 Å². The molecule has 0 aromatic rings. The summed E-state index contributed by atoms with van der Waals surface area (Å²) in [5, 5.41) is 0. The Bertz CT molecular complexity index is 180. The molecule has 1 rings (SSSR count). The third-order valence-electron chi connectivity index (χ3n) is 1.68. The minimum absolute atomic E-state index is 0.788. The van der Waals surface area contributed by atoms with Gasteiger partial charge in [0.15, 0.2) is 0 Å². The van der Waals surface area contributed by atoms with Gasteiger partial charge in [-0.15, -0.1) is 0 Å². The summed E-state index contributed by atoms with van der Waals surface area (Å²) in [6.07, 6.45) is 6.78. The molecule has 54 valence electrons. The second kappa shape index (κ2) is 2.87. The van der Waals surface area contributed by atoms with E-state index in [4.69, 9.17) is 0 Å². The van der Waals surface area contributed by atoms with Crippen LogP contribution in [-0.4, -0.2) is 0 Å². The Kier molecular flexibility index (Phi) is 2.10. The van der Waals surface area contributed by atoms with Gasteiger partial charge in [-0.1, -0.05) is 36.5 Å². The fourth-order valence-electron chi connectivity index (χ4n) is 0.840. The summed E-state index contributed by atoms with van der Waals surface area (Å²) in [5.41, 5.74) is 2.37. The van der Waals surface area contributed by atoms with Crippen LogP contribution >= 0.6 is 0 Å². The zero-order valence-electron chi connectivity index (χ0n) is 6.56. The Labute approximate surface area is 62.9 Å². The summed E-state index contributed by atoms with van der Waals surface area (Å²) in [5.74, 6) is 0.788. The van der Waals surface area contributed by atoms with Gasteiger partial charge in [0.05, 0.1) is 0 Å². The van der Waals surface area contributed by atoms with Gasteiger partial charge in [0.25, 0.3) is 0 Å². The SMILES string of the molecule is C=C(C)/C=C\C(=C)C1CC1. The summed E-state index contributed by atoms with van der Waals surface area (Å²) in [7, 11) is 0. The molecule has 0 aromatic carbocycles. The van der Waals surface area contributed by atoms with Gasteiger partial charge in [-0.25, -0.2) is 0 Å². The third kappa shape index (κ3) is 2.22. The van der Waals surface area contributed by atoms with E-state index in [1.54, 1.807) is 0 Å². The molecule has 0 amide bonds. The average molecular weight is 134 g/mol. The van der Waals surface area contributed by atoms with E-state index < -0.39 is 0 Å². The van der Waals surface area contributed by atoms with Gasteiger partial charge < -0.3 is 0 Å². The molecule has 0 saturated heterocycles. The van der Waals surface area contributed by atoms with Crippen molar-refractivity contribution >= 4 is 0 Å². The van der Waals surface area contributed by atoms with Crippen LogP contribution in [0.4, 0.5) is 0 Å². The topological polar surface area (TPSA) is 0 Å². The maximum Gasteiger partial charge on any atom is -0.0167 e. The molecule has 0 aliphatic heterocycles. The van der Waals surface area contributed by atoms with Crippen molar-refractivity contribution in [3.63, 3.8) is 0 Å². The van der Waals surface area contributed by atoms with Crippen LogP contribution in [0.25, 0.3) is 0 Å². The fourth-order valence-corrected chi connectivity index (χ4v) is 0.840. The van der Waals surface area contributed by atoms with Crippen molar-refractivity contribution in [3.05, 3.63) is 36.5 Å². The number of allylic oxidation sites excluding steroid dienone is 4. The molecule has 0 spiro atoms. The van der Waals surface area contributed by atoms with Crippen molar-refractivity contribution in [2.24, 2.45) is 5.92 Å². The lowest BCUT2D eigenvalue weighted by molar-refractivity contribution is 1.06. The first-order valence-electron chi connectivity index (χ1n) is 3.72. The van der Waals surface area contributed by atoms with Gasteiger partial charge >= 0.3 is 0 Å². The molecule has 0 unspecified atom stereocenters. The van der Waals surface area contributed by atoms with E-state index in [0.717, 1.165) is 11.5 Å². The second-order valence-electron chi connectivity index (χ2n) is 3.03. The molecule has 0 N–H and O–H groups in total. The molecule has 0 heteroatoms. The molecule has 0 radical (unpaired) electrons. The Balaban J connectivity index is 2.36. The van der Waals surface area contributed by atoms with E-state index in [0.29, 0.717) is 0 Å². The number of hydrogen-bond acceptors (Lipinski definition) is 0. The molecule has 1 saturated carbocycles. The van der Waals surface area contributed by atoms with E-state index in [-0.39, 0.29) is 0 Å². The highest BCUT2D eigenvalue weighted by Gasteiger charge is 2.22. The van der Waals surface area contributed by atoms with Gasteiger partial charge in [-0.3, -0.25) is 0 Å². The Morgan fingerprint density at radius 2 is 1.90 bits per heavy atom. The lowest BCUT2D eigenvalue weighted by Gasteiger charge is -1.92. The van der Waals surface area contributed by atoms with Crippen molar-refractivity contribution in [3.8, 4) is 0 Å². The van der Waals surface area contributed by atoms with Gasteiger partial charge in [-0.2, -0.15) is 0 Å². The largest absolute Gasteiger partial charge is 0.0961 e. The molecule has 0 atom stereocenters. The zero-order valence-corrected chi connectivity index (χ0v) is 6.56. The number of rotatable bonds is 3. The van der Waals surface area contributed by atoms with Crippen LogP contribution < -0.4 is 0 Å². The summed E-state index contributed by atoms with van der Waals surface area (Å²) in [4.78, 5) is 0. The van der Waals surface area contributed by atoms with E-state index in [9.17, 15) is 0 Å². The lowest BCUT2D eigenvalue weighted by atomic mass is 10.1. The Hall–Kier alpha value is -0.780. The van der Waals surface area contributed by atoms with Crippen LogP contribution in [0, 0.1) is 5.92 Å². The summed E-state index contributed by atoms with van der Waals surface area (Å²) in [6.45, 7) is 9.74. The van der Waals surface area contributed by atoms with Crippen molar-refractivity contribution < 1.29 is 0 Å². The highest BCUT2D eigenvalue weighted by molar-refractivity contribution is 5.27. The first-order chi connectivity index (χ1) is 4.70. The van der Waals surface area contributed by atoms with Gasteiger partial charge in [0.2, 0.25) is 0 Å². The second-order valence-corrected chi connectivity index (χ2v) is 3.03. The van der Waals surface area contributed by atoms with E-state index in [1.807, 2.05) is 13.0 Å². The molecule has 0 bridgehead atoms. The summed E-state index contributed by atoms with van der Waals surface area (Å²) in [6, 6.07) is 0. The molecule has 1 fully saturated rings. The van der Waals surface area contributed by atoms with Crippen LogP contribution in [0.2, 0.25) is 0 Å². The minimum Gasteiger partial charge on any atom is -0.0961 e. The standard InChI is InChI=1S/C10H14/c1-8(2)4-5-9(3)10-6-7-10/h4-5,10H,1,3,6-7H2,2H3/b5-4-. The molecular weight excluding hydrogens is 120 g/mol. The molecule has 10 heavy (non-hydrogen) atoms. The first-order valence-corrected chi connectivity index (χ1v) is 3.72. The Morgan fingerprint density at radius 3 is 2.30 bits per heavy atom. The molecule has 1 aliphatic carbocycles. The smallest absolute Gasteiger partial charge is 0.0167 e. The quantitative estimate of drug-likeness (QED) is 0.520. The van der Waals surface area contributed by atoms with Crippen LogP contribution in [0.15, 0.2) is 36.5 Å². The average Bonchev–Trinajstić information content (AvgIpc) is 2.63. The lowest BCUT2D eigenvalue weighted by Crippen LogP contribution is -1.75. The van der Waals surface area contributed by atoms with E-state index >= 15 is 0 Å².